The lowest BCUT2D eigenvalue weighted by Gasteiger charge is -2.26. The number of amides is 1. The van der Waals surface area contributed by atoms with Crippen LogP contribution in [0.1, 0.15) is 26.7 Å². The highest BCUT2D eigenvalue weighted by atomic mass is 16.3. The third-order valence-electron chi connectivity index (χ3n) is 2.36. The third-order valence-corrected chi connectivity index (χ3v) is 2.36. The molecule has 0 rings (SSSR count). The average molecular weight is 159 g/mol. The topological polar surface area (TPSA) is 49.3 Å². The summed E-state index contributed by atoms with van der Waals surface area (Å²) in [6, 6.07) is 0. The van der Waals surface area contributed by atoms with Crippen molar-refractivity contribution in [2.24, 2.45) is 5.41 Å². The fourth-order valence-electron chi connectivity index (χ4n) is 1.13. The molecule has 0 spiro atoms. The van der Waals surface area contributed by atoms with E-state index in [0.29, 0.717) is 12.8 Å². The Morgan fingerprint density at radius 1 is 1.45 bits per heavy atom. The first-order valence-corrected chi connectivity index (χ1v) is 4.00. The zero-order valence-corrected chi connectivity index (χ0v) is 7.48. The number of hydrogen-bond donors (Lipinski definition) is 2. The zero-order valence-electron chi connectivity index (χ0n) is 7.48. The smallest absolute Gasteiger partial charge is 0.228 e. The molecule has 11 heavy (non-hydrogen) atoms. The summed E-state index contributed by atoms with van der Waals surface area (Å²) < 4.78 is 0. The summed E-state index contributed by atoms with van der Waals surface area (Å²) in [5, 5.41) is 11.6. The number of aliphatic hydroxyl groups excluding tert-OH is 1. The van der Waals surface area contributed by atoms with Crippen LogP contribution in [0.15, 0.2) is 0 Å². The van der Waals surface area contributed by atoms with Crippen LogP contribution < -0.4 is 5.32 Å². The molecule has 3 nitrogen and oxygen atoms in total. The van der Waals surface area contributed by atoms with Crippen molar-refractivity contribution in [1.82, 2.24) is 5.32 Å². The maximum Gasteiger partial charge on any atom is 0.228 e. The Kier molecular flexibility index (Phi) is 4.11. The van der Waals surface area contributed by atoms with Crippen LogP contribution in [0.5, 0.6) is 0 Å². The summed E-state index contributed by atoms with van der Waals surface area (Å²) in [6.07, 6.45) is 1.36. The Balaban J connectivity index is 4.39. The molecule has 0 aromatic carbocycles. The first kappa shape index (κ1) is 10.4. The largest absolute Gasteiger partial charge is 0.395 e. The van der Waals surface area contributed by atoms with E-state index in [1.54, 1.807) is 7.05 Å². The van der Waals surface area contributed by atoms with Gasteiger partial charge in [-0.1, -0.05) is 13.8 Å². The molecule has 0 aromatic rings. The van der Waals surface area contributed by atoms with Gasteiger partial charge >= 0.3 is 0 Å². The highest BCUT2D eigenvalue weighted by Gasteiger charge is 2.32. The molecule has 2 N–H and O–H groups in total. The Labute approximate surface area is 67.8 Å². The predicted octanol–water partition coefficient (Wildman–Crippen LogP) is 0.531. The Hall–Kier alpha value is -0.570. The second kappa shape index (κ2) is 4.34. The number of rotatable bonds is 4. The average Bonchev–Trinajstić information content (AvgIpc) is 2.08. The van der Waals surface area contributed by atoms with E-state index in [1.807, 2.05) is 13.8 Å². The van der Waals surface area contributed by atoms with Crippen LogP contribution in [0.2, 0.25) is 0 Å². The van der Waals surface area contributed by atoms with Gasteiger partial charge in [-0.05, 0) is 12.8 Å². The molecule has 0 bridgehead atoms. The molecule has 0 saturated carbocycles. The molecule has 0 atom stereocenters. The van der Waals surface area contributed by atoms with Crippen LogP contribution in [-0.2, 0) is 4.79 Å². The van der Waals surface area contributed by atoms with Crippen molar-refractivity contribution in [1.29, 1.82) is 0 Å². The second-order valence-electron chi connectivity index (χ2n) is 2.72. The molecule has 0 aromatic heterocycles. The van der Waals surface area contributed by atoms with Crippen LogP contribution in [0.4, 0.5) is 0 Å². The molecule has 0 unspecified atom stereocenters. The van der Waals surface area contributed by atoms with Crippen LogP contribution in [0, 0.1) is 5.41 Å². The molecule has 0 heterocycles. The lowest BCUT2D eigenvalue weighted by Crippen LogP contribution is -2.41. The van der Waals surface area contributed by atoms with E-state index in [9.17, 15) is 4.79 Å². The Morgan fingerprint density at radius 3 is 2.00 bits per heavy atom. The van der Waals surface area contributed by atoms with E-state index in [1.165, 1.54) is 0 Å². The van der Waals surface area contributed by atoms with Crippen molar-refractivity contribution in [2.45, 2.75) is 26.7 Å². The maximum absolute atomic E-state index is 11.3. The molecule has 0 aliphatic rings. The highest BCUT2D eigenvalue weighted by Crippen LogP contribution is 2.25. The van der Waals surface area contributed by atoms with Crippen LogP contribution in [0.25, 0.3) is 0 Å². The molecule has 0 saturated heterocycles. The number of nitrogens with one attached hydrogen (secondary N) is 1. The minimum atomic E-state index is -0.561. The lowest BCUT2D eigenvalue weighted by molar-refractivity contribution is -0.133. The number of carbonyl (C=O) groups is 1. The summed E-state index contributed by atoms with van der Waals surface area (Å²) in [5.74, 6) is -0.0648. The minimum absolute atomic E-state index is 0.0648. The first-order chi connectivity index (χ1) is 5.16. The monoisotopic (exact) mass is 159 g/mol. The fourth-order valence-corrected chi connectivity index (χ4v) is 1.13. The normalized spacial score (nSPS) is 11.3. The van der Waals surface area contributed by atoms with Gasteiger partial charge in [0.25, 0.3) is 0 Å². The van der Waals surface area contributed by atoms with Gasteiger partial charge in [0.15, 0.2) is 0 Å². The SMILES string of the molecule is CCC(CC)(CO)C(=O)NC. The van der Waals surface area contributed by atoms with E-state index < -0.39 is 5.41 Å². The molecule has 0 aliphatic heterocycles. The molecular weight excluding hydrogens is 142 g/mol. The standard InChI is InChI=1S/C8H17NO2/c1-4-8(5-2,6-10)7(11)9-3/h10H,4-6H2,1-3H3,(H,9,11). The number of carbonyl (C=O) groups excluding carboxylic acids is 1. The van der Waals surface area contributed by atoms with Crippen molar-refractivity contribution in [2.75, 3.05) is 13.7 Å². The van der Waals surface area contributed by atoms with Crippen molar-refractivity contribution in [3.8, 4) is 0 Å². The minimum Gasteiger partial charge on any atom is -0.395 e. The number of aliphatic hydroxyl groups is 1. The lowest BCUT2D eigenvalue weighted by atomic mass is 9.82. The summed E-state index contributed by atoms with van der Waals surface area (Å²) >= 11 is 0. The van der Waals surface area contributed by atoms with E-state index in [2.05, 4.69) is 5.32 Å². The summed E-state index contributed by atoms with van der Waals surface area (Å²) in [7, 11) is 1.60. The fraction of sp³-hybridized carbons (Fsp3) is 0.875. The van der Waals surface area contributed by atoms with E-state index in [4.69, 9.17) is 5.11 Å². The van der Waals surface area contributed by atoms with Gasteiger partial charge < -0.3 is 10.4 Å². The van der Waals surface area contributed by atoms with Crippen molar-refractivity contribution < 1.29 is 9.90 Å². The van der Waals surface area contributed by atoms with Gasteiger partial charge in [0.1, 0.15) is 0 Å². The van der Waals surface area contributed by atoms with Gasteiger partial charge in [0, 0.05) is 7.05 Å². The van der Waals surface area contributed by atoms with Crippen molar-refractivity contribution in [3.05, 3.63) is 0 Å². The molecule has 3 heteroatoms. The Bertz CT molecular complexity index is 122. The first-order valence-electron chi connectivity index (χ1n) is 4.00. The van der Waals surface area contributed by atoms with E-state index >= 15 is 0 Å². The second-order valence-corrected chi connectivity index (χ2v) is 2.72. The molecular formula is C8H17NO2. The predicted molar refractivity (Wildman–Crippen MR) is 44.2 cm³/mol. The van der Waals surface area contributed by atoms with Gasteiger partial charge in [-0.15, -0.1) is 0 Å². The van der Waals surface area contributed by atoms with E-state index in [-0.39, 0.29) is 12.5 Å². The van der Waals surface area contributed by atoms with Crippen LogP contribution in [-0.4, -0.2) is 24.7 Å². The van der Waals surface area contributed by atoms with Gasteiger partial charge in [-0.2, -0.15) is 0 Å². The summed E-state index contributed by atoms with van der Waals surface area (Å²) in [5.41, 5.74) is -0.561. The quantitative estimate of drug-likeness (QED) is 0.628. The maximum atomic E-state index is 11.3. The molecule has 0 radical (unpaired) electrons. The summed E-state index contributed by atoms with van der Waals surface area (Å²) in [4.78, 5) is 11.3. The van der Waals surface area contributed by atoms with Gasteiger partial charge in [0.05, 0.1) is 12.0 Å². The van der Waals surface area contributed by atoms with E-state index in [0.717, 1.165) is 0 Å². The molecule has 1 amide bonds. The van der Waals surface area contributed by atoms with Gasteiger partial charge in [0.2, 0.25) is 5.91 Å². The molecule has 0 fully saturated rings. The van der Waals surface area contributed by atoms with Gasteiger partial charge in [-0.25, -0.2) is 0 Å². The van der Waals surface area contributed by atoms with Gasteiger partial charge in [-0.3, -0.25) is 4.79 Å². The van der Waals surface area contributed by atoms with Crippen molar-refractivity contribution >= 4 is 5.91 Å². The Morgan fingerprint density at radius 2 is 1.91 bits per heavy atom. The van der Waals surface area contributed by atoms with Crippen LogP contribution >= 0.6 is 0 Å². The number of hydrogen-bond acceptors (Lipinski definition) is 2. The highest BCUT2D eigenvalue weighted by molar-refractivity contribution is 5.82. The summed E-state index contributed by atoms with van der Waals surface area (Å²) in [6.45, 7) is 3.75. The van der Waals surface area contributed by atoms with Crippen LogP contribution in [0.3, 0.4) is 0 Å². The van der Waals surface area contributed by atoms with Crippen molar-refractivity contribution in [3.63, 3.8) is 0 Å². The molecule has 0 aliphatic carbocycles. The molecule has 66 valence electrons. The third kappa shape index (κ3) is 1.93. The zero-order chi connectivity index (χ0) is 8.91.